The van der Waals surface area contributed by atoms with Crippen molar-refractivity contribution in [1.82, 2.24) is 4.99 Å². The number of hydrogen-bond acceptors (Lipinski definition) is 3. The van der Waals surface area contributed by atoms with E-state index in [1.165, 1.54) is 0 Å². The van der Waals surface area contributed by atoms with Crippen LogP contribution in [-0.2, 0) is 0 Å². The minimum Gasteiger partial charge on any atom is -0.285 e. The van der Waals surface area contributed by atoms with Gasteiger partial charge in [0.05, 0.1) is 0 Å². The van der Waals surface area contributed by atoms with Crippen LogP contribution in [0.4, 0.5) is 0 Å². The normalized spacial score (nSPS) is 16.9. The van der Waals surface area contributed by atoms with Crippen LogP contribution in [0.1, 0.15) is 0 Å². The van der Waals surface area contributed by atoms with E-state index in [2.05, 4.69) is 9.98 Å². The van der Waals surface area contributed by atoms with Gasteiger partial charge in [-0.15, -0.1) is 0 Å². The van der Waals surface area contributed by atoms with Crippen molar-refractivity contribution >= 4 is 12.2 Å². The molecule has 3 nitrogen and oxygen atoms in total. The van der Waals surface area contributed by atoms with Gasteiger partial charge < -0.3 is 0 Å². The molecule has 3 heteroatoms. The third-order valence-corrected chi connectivity index (χ3v) is 0.586. The minimum absolute atomic E-state index is 0.322. The fraction of sp³-hybridized carbons (Fsp3) is 0. The summed E-state index contributed by atoms with van der Waals surface area (Å²) in [5.74, 6) is 0.322. The molecule has 1 aliphatic rings. The van der Waals surface area contributed by atoms with E-state index in [1.54, 1.807) is 18.5 Å². The van der Waals surface area contributed by atoms with Gasteiger partial charge in [-0.3, -0.25) is 5.73 Å². The molecule has 0 aromatic rings. The van der Waals surface area contributed by atoms with Crippen molar-refractivity contribution < 1.29 is 0 Å². The lowest BCUT2D eigenvalue weighted by atomic mass is 10.6. The molecule has 0 aliphatic carbocycles. The van der Waals surface area contributed by atoms with Gasteiger partial charge >= 0.3 is 5.96 Å². The number of rotatable bonds is 0. The molecule has 0 saturated carbocycles. The molecule has 0 atom stereocenters. The fourth-order valence-corrected chi connectivity index (χ4v) is 0.311. The van der Waals surface area contributed by atoms with Crippen molar-refractivity contribution in [2.75, 3.05) is 0 Å². The predicted molar refractivity (Wildman–Crippen MR) is 29.0 cm³/mol. The molecule has 0 fully saturated rings. The summed E-state index contributed by atoms with van der Waals surface area (Å²) in [6, 6.07) is 0. The van der Waals surface area contributed by atoms with Gasteiger partial charge in [-0.2, -0.15) is 0 Å². The predicted octanol–water partition coefficient (Wildman–Crippen LogP) is -0.765. The molecule has 1 radical (unpaired) electrons. The highest BCUT2D eigenvalue weighted by Crippen LogP contribution is 1.73. The van der Waals surface area contributed by atoms with Gasteiger partial charge in [0.2, 0.25) is 0 Å². The molecular weight excluding hydrogens is 90.1 g/mol. The van der Waals surface area contributed by atoms with Gasteiger partial charge in [-0.05, 0) is 0 Å². The van der Waals surface area contributed by atoms with E-state index in [9.17, 15) is 0 Å². The van der Waals surface area contributed by atoms with Gasteiger partial charge in [0.15, 0.2) is 0 Å². The molecule has 7 heavy (non-hydrogen) atoms. The summed E-state index contributed by atoms with van der Waals surface area (Å²) in [4.78, 5) is 7.29. The van der Waals surface area contributed by atoms with Gasteiger partial charge in [0, 0.05) is 6.08 Å². The monoisotopic (exact) mass is 95.0 g/mol. The molecule has 0 amide bonds. The summed E-state index contributed by atoms with van der Waals surface area (Å²) in [5, 5.41) is 0. The van der Waals surface area contributed by atoms with Gasteiger partial charge in [0.25, 0.3) is 0 Å². The Morgan fingerprint density at radius 1 is 1.71 bits per heavy atom. The van der Waals surface area contributed by atoms with Gasteiger partial charge in [-0.1, -0.05) is 9.98 Å². The minimum atomic E-state index is 0.322. The summed E-state index contributed by atoms with van der Waals surface area (Å²) in [6.07, 6.45) is 4.92. The molecule has 1 rings (SSSR count). The summed E-state index contributed by atoms with van der Waals surface area (Å²) in [7, 11) is 0. The van der Waals surface area contributed by atoms with Crippen LogP contribution in [0.15, 0.2) is 17.3 Å². The number of nitrogens with zero attached hydrogens (tertiary/aromatic N) is 2. The Balaban J connectivity index is 2.82. The summed E-state index contributed by atoms with van der Waals surface area (Å²) < 4.78 is 0. The van der Waals surface area contributed by atoms with Crippen molar-refractivity contribution in [2.45, 2.75) is 0 Å². The van der Waals surface area contributed by atoms with Crippen molar-refractivity contribution in [3.05, 3.63) is 12.3 Å². The van der Waals surface area contributed by atoms with Crippen LogP contribution in [0.5, 0.6) is 0 Å². The van der Waals surface area contributed by atoms with Crippen LogP contribution < -0.4 is 10.7 Å². The zero-order valence-electron chi connectivity index (χ0n) is 3.70. The molecular formula is C4H5N3+. The molecule has 0 unspecified atom stereocenters. The SMILES string of the molecule is NC1=NC=CC=[N+]1. The Kier molecular flexibility index (Phi) is 0.898. The van der Waals surface area contributed by atoms with E-state index < -0.39 is 0 Å². The van der Waals surface area contributed by atoms with Gasteiger partial charge in [0.1, 0.15) is 12.4 Å². The first-order chi connectivity index (χ1) is 3.39. The largest absolute Gasteiger partial charge is 0.423 e. The van der Waals surface area contributed by atoms with Gasteiger partial charge in [-0.25, -0.2) is 0 Å². The average Bonchev–Trinajstić information content (AvgIpc) is 1.69. The second-order valence-electron chi connectivity index (χ2n) is 1.11. The van der Waals surface area contributed by atoms with Crippen molar-refractivity contribution in [3.63, 3.8) is 0 Å². The maximum Gasteiger partial charge on any atom is 0.423 e. The van der Waals surface area contributed by atoms with Crippen molar-refractivity contribution in [2.24, 2.45) is 10.7 Å². The van der Waals surface area contributed by atoms with E-state index in [4.69, 9.17) is 5.73 Å². The van der Waals surface area contributed by atoms with E-state index >= 15 is 0 Å². The lowest BCUT2D eigenvalue weighted by Crippen LogP contribution is -2.18. The zero-order chi connectivity index (χ0) is 5.11. The van der Waals surface area contributed by atoms with E-state index in [0.717, 1.165) is 0 Å². The molecule has 0 aromatic heterocycles. The zero-order valence-corrected chi connectivity index (χ0v) is 3.70. The lowest BCUT2D eigenvalue weighted by Gasteiger charge is -1.75. The lowest BCUT2D eigenvalue weighted by molar-refractivity contribution is 1.34. The first-order valence-corrected chi connectivity index (χ1v) is 1.92. The third-order valence-electron chi connectivity index (χ3n) is 0.586. The van der Waals surface area contributed by atoms with E-state index in [-0.39, 0.29) is 0 Å². The highest BCUT2D eigenvalue weighted by atomic mass is 15.0. The molecule has 0 bridgehead atoms. The van der Waals surface area contributed by atoms with Crippen molar-refractivity contribution in [1.29, 1.82) is 0 Å². The van der Waals surface area contributed by atoms with Crippen molar-refractivity contribution in [3.8, 4) is 0 Å². The second kappa shape index (κ2) is 1.55. The Bertz CT molecular complexity index is 143. The van der Waals surface area contributed by atoms with Crippen LogP contribution in [0, 0.1) is 0 Å². The van der Waals surface area contributed by atoms with Crippen LogP contribution in [0.2, 0.25) is 0 Å². The molecule has 0 aromatic carbocycles. The number of aliphatic imine (C=N–C) groups is 2. The summed E-state index contributed by atoms with van der Waals surface area (Å²) >= 11 is 0. The topological polar surface area (TPSA) is 52.5 Å². The summed E-state index contributed by atoms with van der Waals surface area (Å²) in [5.41, 5.74) is 5.14. The van der Waals surface area contributed by atoms with E-state index in [1.807, 2.05) is 0 Å². The maximum atomic E-state index is 5.14. The molecule has 0 spiro atoms. The van der Waals surface area contributed by atoms with Crippen LogP contribution in [0.25, 0.3) is 0 Å². The average molecular weight is 95.1 g/mol. The van der Waals surface area contributed by atoms with Crippen LogP contribution in [-0.4, -0.2) is 12.2 Å². The quantitative estimate of drug-likeness (QED) is 0.422. The first kappa shape index (κ1) is 4.05. The van der Waals surface area contributed by atoms with Crippen LogP contribution in [0.3, 0.4) is 0 Å². The number of guanidine groups is 1. The Labute approximate surface area is 41.3 Å². The standard InChI is InChI=1S/C4H5N3/c5-4-6-2-1-3-7-4/h1-3H,(H2,5,6)/q+1. The molecule has 1 aliphatic heterocycles. The molecule has 0 saturated heterocycles. The number of allylic oxidation sites excluding steroid dienone is 1. The number of hydrogen-bond donors (Lipinski definition) is 1. The number of nitrogens with two attached hydrogens (primary N) is 1. The smallest absolute Gasteiger partial charge is 0.285 e. The molecule has 35 valence electrons. The Morgan fingerprint density at radius 3 is 2.86 bits per heavy atom. The third kappa shape index (κ3) is 0.855. The highest BCUT2D eigenvalue weighted by Gasteiger charge is 1.95. The Hall–Kier alpha value is -1.12. The fourth-order valence-electron chi connectivity index (χ4n) is 0.311. The highest BCUT2D eigenvalue weighted by molar-refractivity contribution is 5.89. The summed E-state index contributed by atoms with van der Waals surface area (Å²) in [6.45, 7) is 0. The molecule has 1 heterocycles. The maximum absolute atomic E-state index is 5.14. The van der Waals surface area contributed by atoms with E-state index in [0.29, 0.717) is 5.96 Å². The van der Waals surface area contributed by atoms with Crippen LogP contribution >= 0.6 is 0 Å². The second-order valence-corrected chi connectivity index (χ2v) is 1.11. The molecule has 2 N–H and O–H groups in total. The Morgan fingerprint density at radius 2 is 2.57 bits per heavy atom. The first-order valence-electron chi connectivity index (χ1n) is 1.92.